The van der Waals surface area contributed by atoms with Crippen molar-refractivity contribution in [2.75, 3.05) is 5.43 Å². The Hall–Kier alpha value is -1.53. The number of hydrogen-bond donors (Lipinski definition) is 1. The topological polar surface area (TPSA) is 67.5 Å². The summed E-state index contributed by atoms with van der Waals surface area (Å²) >= 11 is 23.7. The first-order valence-corrected chi connectivity index (χ1v) is 7.70. The van der Waals surface area contributed by atoms with Crippen LogP contribution in [0.3, 0.4) is 0 Å². The predicted octanol–water partition coefficient (Wildman–Crippen LogP) is 6.04. The molecule has 0 unspecified atom stereocenters. The van der Waals surface area contributed by atoms with E-state index in [9.17, 15) is 10.1 Å². The molecule has 0 aromatic heterocycles. The average Bonchev–Trinajstić information content (AvgIpc) is 2.45. The fraction of sp³-hybridized carbons (Fsp3) is 0.0714. The molecule has 0 amide bonds. The van der Waals surface area contributed by atoms with E-state index in [4.69, 9.17) is 46.4 Å². The summed E-state index contributed by atoms with van der Waals surface area (Å²) in [4.78, 5) is 10.4. The highest BCUT2D eigenvalue weighted by atomic mass is 35.5. The van der Waals surface area contributed by atoms with Crippen molar-refractivity contribution >= 4 is 63.5 Å². The molecule has 2 rings (SSSR count). The SMILES string of the molecule is C/C(=N/Nc1c(Cl)cc(Cl)cc1Cl)c1ccc(Cl)c([N+](=O)[O-])c1. The number of halogens is 4. The van der Waals surface area contributed by atoms with Gasteiger partial charge in [-0.15, -0.1) is 0 Å². The van der Waals surface area contributed by atoms with E-state index in [1.165, 1.54) is 24.3 Å². The number of hydrogen-bond acceptors (Lipinski definition) is 4. The second-order valence-electron chi connectivity index (χ2n) is 4.48. The van der Waals surface area contributed by atoms with E-state index in [-0.39, 0.29) is 10.7 Å². The number of nitro benzene ring substituents is 1. The van der Waals surface area contributed by atoms with Crippen LogP contribution in [-0.2, 0) is 0 Å². The standard InChI is InChI=1S/C14H9Cl4N3O2/c1-7(8-2-3-10(16)13(4-8)21(22)23)19-20-14-11(17)5-9(15)6-12(14)18/h2-6,20H,1H3/b19-7-. The molecule has 0 heterocycles. The molecule has 0 aliphatic heterocycles. The Kier molecular flexibility index (Phi) is 5.70. The van der Waals surface area contributed by atoms with Gasteiger partial charge in [0.15, 0.2) is 0 Å². The van der Waals surface area contributed by atoms with Crippen LogP contribution in [-0.4, -0.2) is 10.6 Å². The Balaban J connectivity index is 2.31. The monoisotopic (exact) mass is 391 g/mol. The lowest BCUT2D eigenvalue weighted by atomic mass is 10.1. The molecular formula is C14H9Cl4N3O2. The highest BCUT2D eigenvalue weighted by molar-refractivity contribution is 6.41. The van der Waals surface area contributed by atoms with Crippen molar-refractivity contribution in [1.82, 2.24) is 0 Å². The van der Waals surface area contributed by atoms with Crippen LogP contribution in [0.15, 0.2) is 35.4 Å². The highest BCUT2D eigenvalue weighted by Crippen LogP contribution is 2.33. The Morgan fingerprint density at radius 1 is 1.09 bits per heavy atom. The minimum absolute atomic E-state index is 0.0586. The second kappa shape index (κ2) is 7.36. The van der Waals surface area contributed by atoms with Crippen LogP contribution in [0.2, 0.25) is 20.1 Å². The third kappa shape index (κ3) is 4.26. The average molecular weight is 393 g/mol. The van der Waals surface area contributed by atoms with Crippen molar-refractivity contribution in [3.8, 4) is 0 Å². The number of anilines is 1. The second-order valence-corrected chi connectivity index (χ2v) is 6.13. The zero-order valence-electron chi connectivity index (χ0n) is 11.6. The Labute approximate surface area is 151 Å². The van der Waals surface area contributed by atoms with Crippen LogP contribution in [0.25, 0.3) is 0 Å². The van der Waals surface area contributed by atoms with Gasteiger partial charge < -0.3 is 0 Å². The van der Waals surface area contributed by atoms with E-state index >= 15 is 0 Å². The Bertz CT molecular complexity index is 786. The maximum atomic E-state index is 10.9. The van der Waals surface area contributed by atoms with Crippen molar-refractivity contribution in [3.63, 3.8) is 0 Å². The fourth-order valence-electron chi connectivity index (χ4n) is 1.73. The third-order valence-electron chi connectivity index (χ3n) is 2.90. The van der Waals surface area contributed by atoms with Crippen LogP contribution in [0.1, 0.15) is 12.5 Å². The van der Waals surface area contributed by atoms with Gasteiger partial charge in [0, 0.05) is 16.7 Å². The molecule has 2 aromatic rings. The number of hydrazone groups is 1. The van der Waals surface area contributed by atoms with E-state index in [0.717, 1.165) is 0 Å². The van der Waals surface area contributed by atoms with Gasteiger partial charge in [-0.2, -0.15) is 5.10 Å². The Morgan fingerprint density at radius 2 is 1.70 bits per heavy atom. The molecule has 0 saturated heterocycles. The summed E-state index contributed by atoms with van der Waals surface area (Å²) in [5.41, 5.74) is 3.96. The van der Waals surface area contributed by atoms with Gasteiger partial charge in [-0.1, -0.05) is 52.5 Å². The first-order valence-electron chi connectivity index (χ1n) is 6.18. The lowest BCUT2D eigenvalue weighted by Crippen LogP contribution is -2.02. The lowest BCUT2D eigenvalue weighted by Gasteiger charge is -2.08. The summed E-state index contributed by atoms with van der Waals surface area (Å²) in [6, 6.07) is 7.45. The van der Waals surface area contributed by atoms with Crippen molar-refractivity contribution in [2.45, 2.75) is 6.92 Å². The number of nitro groups is 1. The fourth-order valence-corrected chi connectivity index (χ4v) is 2.82. The normalized spacial score (nSPS) is 11.4. The summed E-state index contributed by atoms with van der Waals surface area (Å²) in [5.74, 6) is 0. The van der Waals surface area contributed by atoms with Gasteiger partial charge >= 0.3 is 0 Å². The molecule has 0 spiro atoms. The van der Waals surface area contributed by atoms with Gasteiger partial charge in [0.1, 0.15) is 5.02 Å². The summed E-state index contributed by atoms with van der Waals surface area (Å²) in [6.45, 7) is 1.68. The summed E-state index contributed by atoms with van der Waals surface area (Å²) < 4.78 is 0. The van der Waals surface area contributed by atoms with Gasteiger partial charge in [-0.25, -0.2) is 0 Å². The van der Waals surface area contributed by atoms with Crippen LogP contribution in [0.4, 0.5) is 11.4 Å². The molecule has 0 radical (unpaired) electrons. The quantitative estimate of drug-likeness (QED) is 0.391. The van der Waals surface area contributed by atoms with Crippen LogP contribution < -0.4 is 5.43 Å². The van der Waals surface area contributed by atoms with Crippen molar-refractivity contribution in [3.05, 3.63) is 66.1 Å². The first-order chi connectivity index (χ1) is 10.8. The zero-order chi connectivity index (χ0) is 17.1. The van der Waals surface area contributed by atoms with E-state index in [0.29, 0.717) is 32.0 Å². The molecule has 0 saturated carbocycles. The first kappa shape index (κ1) is 17.8. The molecule has 5 nitrogen and oxygen atoms in total. The van der Waals surface area contributed by atoms with Gasteiger partial charge in [-0.3, -0.25) is 15.5 Å². The maximum absolute atomic E-state index is 10.9. The molecule has 120 valence electrons. The molecule has 0 bridgehead atoms. The molecule has 23 heavy (non-hydrogen) atoms. The largest absolute Gasteiger partial charge is 0.288 e. The van der Waals surface area contributed by atoms with Gasteiger partial charge in [0.2, 0.25) is 0 Å². The van der Waals surface area contributed by atoms with E-state index in [1.54, 1.807) is 13.0 Å². The molecular weight excluding hydrogens is 384 g/mol. The lowest BCUT2D eigenvalue weighted by molar-refractivity contribution is -0.384. The van der Waals surface area contributed by atoms with Crippen LogP contribution in [0.5, 0.6) is 0 Å². The van der Waals surface area contributed by atoms with E-state index in [2.05, 4.69) is 10.5 Å². The van der Waals surface area contributed by atoms with Crippen molar-refractivity contribution < 1.29 is 4.92 Å². The van der Waals surface area contributed by atoms with Crippen LogP contribution in [0, 0.1) is 10.1 Å². The minimum Gasteiger partial charge on any atom is -0.275 e. The summed E-state index contributed by atoms with van der Waals surface area (Å²) in [7, 11) is 0. The molecule has 9 heteroatoms. The third-order valence-corrected chi connectivity index (χ3v) is 4.04. The number of nitrogens with one attached hydrogen (secondary N) is 1. The van der Waals surface area contributed by atoms with Gasteiger partial charge in [-0.05, 0) is 25.1 Å². The van der Waals surface area contributed by atoms with Gasteiger partial charge in [0.25, 0.3) is 5.69 Å². The highest BCUT2D eigenvalue weighted by Gasteiger charge is 2.14. The maximum Gasteiger partial charge on any atom is 0.288 e. The summed E-state index contributed by atoms with van der Waals surface area (Å²) in [5, 5.41) is 16.1. The van der Waals surface area contributed by atoms with Crippen molar-refractivity contribution in [1.29, 1.82) is 0 Å². The van der Waals surface area contributed by atoms with Crippen LogP contribution >= 0.6 is 46.4 Å². The molecule has 1 N–H and O–H groups in total. The summed E-state index contributed by atoms with van der Waals surface area (Å²) in [6.07, 6.45) is 0. The molecule has 2 aromatic carbocycles. The molecule has 0 aliphatic rings. The van der Waals surface area contributed by atoms with Gasteiger partial charge in [0.05, 0.1) is 26.4 Å². The van der Waals surface area contributed by atoms with Crippen molar-refractivity contribution in [2.24, 2.45) is 5.10 Å². The van der Waals surface area contributed by atoms with E-state index in [1.807, 2.05) is 0 Å². The molecule has 0 atom stereocenters. The number of rotatable bonds is 4. The molecule has 0 aliphatic carbocycles. The zero-order valence-corrected chi connectivity index (χ0v) is 14.6. The number of benzene rings is 2. The minimum atomic E-state index is -0.556. The molecule has 0 fully saturated rings. The Morgan fingerprint density at radius 3 is 2.26 bits per heavy atom. The predicted molar refractivity (Wildman–Crippen MR) is 95.4 cm³/mol. The van der Waals surface area contributed by atoms with E-state index < -0.39 is 4.92 Å². The number of nitrogens with zero attached hydrogens (tertiary/aromatic N) is 2. The smallest absolute Gasteiger partial charge is 0.275 e.